The number of nitrogen functional groups attached to an aromatic ring is 1. The molecule has 0 aliphatic rings. The van der Waals surface area contributed by atoms with Gasteiger partial charge in [0, 0.05) is 13.6 Å². The second-order valence-electron chi connectivity index (χ2n) is 3.90. The summed E-state index contributed by atoms with van der Waals surface area (Å²) in [4.78, 5) is 2.21. The zero-order chi connectivity index (χ0) is 11.4. The van der Waals surface area contributed by atoms with Crippen LogP contribution < -0.4 is 10.6 Å². The van der Waals surface area contributed by atoms with Crippen LogP contribution in [-0.4, -0.2) is 13.6 Å². The molecule has 0 amide bonds. The van der Waals surface area contributed by atoms with Crippen molar-refractivity contribution in [2.45, 2.75) is 20.3 Å². The Kier molecular flexibility index (Phi) is 3.78. The van der Waals surface area contributed by atoms with Gasteiger partial charge in [0.05, 0.1) is 11.4 Å². The molecule has 0 heterocycles. The highest BCUT2D eigenvalue weighted by Crippen LogP contribution is 2.28. The Morgan fingerprint density at radius 1 is 1.47 bits per heavy atom. The average Bonchev–Trinajstić information content (AvgIpc) is 2.16. The monoisotopic (exact) mass is 204 g/mol. The molecule has 2 nitrogen and oxygen atoms in total. The minimum atomic E-state index is 0.834. The fourth-order valence-corrected chi connectivity index (χ4v) is 1.92. The van der Waals surface area contributed by atoms with E-state index in [2.05, 4.69) is 38.4 Å². The molecule has 1 aromatic rings. The van der Waals surface area contributed by atoms with Gasteiger partial charge in [-0.2, -0.15) is 0 Å². The van der Waals surface area contributed by atoms with Crippen molar-refractivity contribution >= 4 is 17.5 Å². The molecule has 0 atom stereocenters. The molecule has 0 radical (unpaired) electrons. The van der Waals surface area contributed by atoms with E-state index in [1.807, 2.05) is 12.1 Å². The lowest BCUT2D eigenvalue weighted by molar-refractivity contribution is 0.850. The van der Waals surface area contributed by atoms with E-state index in [-0.39, 0.29) is 0 Å². The Bertz CT molecular complexity index is 333. The van der Waals surface area contributed by atoms with Gasteiger partial charge in [-0.25, -0.2) is 0 Å². The van der Waals surface area contributed by atoms with Crippen LogP contribution in [0.15, 0.2) is 18.7 Å². The molecule has 0 aliphatic carbocycles. The number of anilines is 2. The minimum Gasteiger partial charge on any atom is -0.397 e. The van der Waals surface area contributed by atoms with Gasteiger partial charge in [0.1, 0.15) is 0 Å². The molecule has 0 aliphatic heterocycles. The molecular weight excluding hydrogens is 184 g/mol. The van der Waals surface area contributed by atoms with Gasteiger partial charge in [-0.05, 0) is 36.6 Å². The third-order valence-corrected chi connectivity index (χ3v) is 2.53. The summed E-state index contributed by atoms with van der Waals surface area (Å²) in [6.07, 6.45) is 2.95. The largest absolute Gasteiger partial charge is 0.397 e. The van der Waals surface area contributed by atoms with Crippen LogP contribution in [0.25, 0.3) is 6.08 Å². The maximum Gasteiger partial charge on any atom is 0.0627 e. The van der Waals surface area contributed by atoms with Gasteiger partial charge in [-0.15, -0.1) is 0 Å². The van der Waals surface area contributed by atoms with Gasteiger partial charge < -0.3 is 10.6 Å². The maximum atomic E-state index is 6.04. The van der Waals surface area contributed by atoms with Gasteiger partial charge in [0.25, 0.3) is 0 Å². The number of rotatable bonds is 4. The molecule has 0 saturated heterocycles. The molecule has 0 fully saturated rings. The van der Waals surface area contributed by atoms with Crippen molar-refractivity contribution in [3.63, 3.8) is 0 Å². The molecule has 82 valence electrons. The number of benzene rings is 1. The molecule has 0 saturated carbocycles. The summed E-state index contributed by atoms with van der Waals surface area (Å²) in [5, 5.41) is 0. The lowest BCUT2D eigenvalue weighted by atomic mass is 10.1. The van der Waals surface area contributed by atoms with Crippen LogP contribution in [0.5, 0.6) is 0 Å². The summed E-state index contributed by atoms with van der Waals surface area (Å²) in [5.41, 5.74) is 10.3. The van der Waals surface area contributed by atoms with E-state index in [0.717, 1.165) is 29.9 Å². The molecule has 15 heavy (non-hydrogen) atoms. The van der Waals surface area contributed by atoms with Gasteiger partial charge >= 0.3 is 0 Å². The second kappa shape index (κ2) is 4.87. The summed E-state index contributed by atoms with van der Waals surface area (Å²) in [6, 6.07) is 4.09. The Labute approximate surface area is 92.4 Å². The SMILES string of the molecule is C=Cc1cc(C)c(N(C)CCC)c(N)c1. The standard InChI is InChI=1S/C13H20N2/c1-5-7-15(4)13-10(3)8-11(6-2)9-12(13)14/h6,8-9H,2,5,7,14H2,1,3-4H3. The number of aryl methyl sites for hydroxylation is 1. The Balaban J connectivity index is 3.12. The third kappa shape index (κ3) is 2.52. The van der Waals surface area contributed by atoms with Crippen molar-refractivity contribution in [3.8, 4) is 0 Å². The zero-order valence-electron chi connectivity index (χ0n) is 9.88. The predicted octanol–water partition coefficient (Wildman–Crippen LogP) is 3.07. The first kappa shape index (κ1) is 11.6. The lowest BCUT2D eigenvalue weighted by Crippen LogP contribution is -2.20. The van der Waals surface area contributed by atoms with Crippen LogP contribution in [0.2, 0.25) is 0 Å². The van der Waals surface area contributed by atoms with Crippen molar-refractivity contribution in [1.82, 2.24) is 0 Å². The number of hydrogen-bond acceptors (Lipinski definition) is 2. The smallest absolute Gasteiger partial charge is 0.0627 e. The molecule has 2 N–H and O–H groups in total. The summed E-state index contributed by atoms with van der Waals surface area (Å²) in [7, 11) is 2.08. The van der Waals surface area contributed by atoms with Gasteiger partial charge in [0.15, 0.2) is 0 Å². The molecule has 1 rings (SSSR count). The fraction of sp³-hybridized carbons (Fsp3) is 0.385. The van der Waals surface area contributed by atoms with E-state index in [1.165, 1.54) is 5.56 Å². The molecule has 1 aromatic carbocycles. The zero-order valence-corrected chi connectivity index (χ0v) is 9.88. The van der Waals surface area contributed by atoms with E-state index in [1.54, 1.807) is 0 Å². The number of hydrogen-bond donors (Lipinski definition) is 1. The normalized spacial score (nSPS) is 10.1. The lowest BCUT2D eigenvalue weighted by Gasteiger charge is -2.23. The van der Waals surface area contributed by atoms with Gasteiger partial charge in [-0.3, -0.25) is 0 Å². The van der Waals surface area contributed by atoms with E-state index >= 15 is 0 Å². The summed E-state index contributed by atoms with van der Waals surface area (Å²) < 4.78 is 0. The van der Waals surface area contributed by atoms with Crippen LogP contribution >= 0.6 is 0 Å². The van der Waals surface area contributed by atoms with Gasteiger partial charge in [-0.1, -0.05) is 19.6 Å². The first-order valence-corrected chi connectivity index (χ1v) is 5.33. The third-order valence-electron chi connectivity index (χ3n) is 2.53. The van der Waals surface area contributed by atoms with Crippen molar-refractivity contribution < 1.29 is 0 Å². The first-order chi connectivity index (χ1) is 7.10. The average molecular weight is 204 g/mol. The highest BCUT2D eigenvalue weighted by molar-refractivity contribution is 5.74. The van der Waals surface area contributed by atoms with Crippen LogP contribution in [-0.2, 0) is 0 Å². The highest BCUT2D eigenvalue weighted by Gasteiger charge is 2.08. The second-order valence-corrected chi connectivity index (χ2v) is 3.90. The Morgan fingerprint density at radius 2 is 2.13 bits per heavy atom. The van der Waals surface area contributed by atoms with Crippen molar-refractivity contribution in [1.29, 1.82) is 0 Å². The van der Waals surface area contributed by atoms with E-state index in [4.69, 9.17) is 5.73 Å². The van der Waals surface area contributed by atoms with Crippen LogP contribution in [0.4, 0.5) is 11.4 Å². The molecular formula is C13H20N2. The van der Waals surface area contributed by atoms with Crippen molar-refractivity contribution in [2.24, 2.45) is 0 Å². The Morgan fingerprint density at radius 3 is 2.60 bits per heavy atom. The molecule has 0 unspecified atom stereocenters. The predicted molar refractivity (Wildman–Crippen MR) is 69.2 cm³/mol. The van der Waals surface area contributed by atoms with Crippen LogP contribution in [0, 0.1) is 6.92 Å². The Hall–Kier alpha value is -1.44. The molecule has 0 aromatic heterocycles. The topological polar surface area (TPSA) is 29.3 Å². The van der Waals surface area contributed by atoms with Crippen LogP contribution in [0.1, 0.15) is 24.5 Å². The van der Waals surface area contributed by atoms with E-state index in [9.17, 15) is 0 Å². The quantitative estimate of drug-likeness (QED) is 0.764. The fourth-order valence-electron chi connectivity index (χ4n) is 1.92. The molecule has 2 heteroatoms. The highest BCUT2D eigenvalue weighted by atomic mass is 15.1. The van der Waals surface area contributed by atoms with E-state index in [0.29, 0.717) is 0 Å². The molecule has 0 bridgehead atoms. The molecule has 0 spiro atoms. The summed E-state index contributed by atoms with van der Waals surface area (Å²) >= 11 is 0. The van der Waals surface area contributed by atoms with Crippen molar-refractivity contribution in [2.75, 3.05) is 24.2 Å². The minimum absolute atomic E-state index is 0.834. The van der Waals surface area contributed by atoms with Gasteiger partial charge in [0.2, 0.25) is 0 Å². The number of nitrogens with zero attached hydrogens (tertiary/aromatic N) is 1. The van der Waals surface area contributed by atoms with Crippen molar-refractivity contribution in [3.05, 3.63) is 29.8 Å². The summed E-state index contributed by atoms with van der Waals surface area (Å²) in [5.74, 6) is 0. The van der Waals surface area contributed by atoms with E-state index < -0.39 is 0 Å². The first-order valence-electron chi connectivity index (χ1n) is 5.33. The number of nitrogens with two attached hydrogens (primary N) is 1. The van der Waals surface area contributed by atoms with Crippen LogP contribution in [0.3, 0.4) is 0 Å². The maximum absolute atomic E-state index is 6.04. The summed E-state index contributed by atoms with van der Waals surface area (Å²) in [6.45, 7) is 9.04.